The molecule has 166 valence electrons. The molecule has 0 unspecified atom stereocenters. The van der Waals surface area contributed by atoms with Crippen molar-refractivity contribution in [2.75, 3.05) is 39.3 Å². The highest BCUT2D eigenvalue weighted by molar-refractivity contribution is 7.89. The molecule has 8 nitrogen and oxygen atoms in total. The third kappa shape index (κ3) is 4.32. The Morgan fingerprint density at radius 2 is 1.45 bits per heavy atom. The highest BCUT2D eigenvalue weighted by Gasteiger charge is 2.34. The van der Waals surface area contributed by atoms with Crippen molar-refractivity contribution in [1.29, 1.82) is 0 Å². The summed E-state index contributed by atoms with van der Waals surface area (Å²) < 4.78 is 27.6. The van der Waals surface area contributed by atoms with Gasteiger partial charge in [0.25, 0.3) is 11.8 Å². The van der Waals surface area contributed by atoms with E-state index < -0.39 is 10.0 Å². The van der Waals surface area contributed by atoms with Crippen LogP contribution >= 0.6 is 11.3 Å². The Hall–Kier alpha value is -2.43. The smallest absolute Gasteiger partial charge is 0.265 e. The van der Waals surface area contributed by atoms with E-state index in [1.165, 1.54) is 16.4 Å². The van der Waals surface area contributed by atoms with Gasteiger partial charge in [0.1, 0.15) is 15.5 Å². The molecule has 2 aliphatic rings. The number of sulfonamides is 1. The predicted octanol–water partition coefficient (Wildman–Crippen LogP) is 2.23. The second kappa shape index (κ2) is 8.97. The first-order valence-corrected chi connectivity index (χ1v) is 12.7. The maximum absolute atomic E-state index is 13.1. The number of para-hydroxylation sites is 1. The quantitative estimate of drug-likeness (QED) is 0.750. The first kappa shape index (κ1) is 21.8. The van der Waals surface area contributed by atoms with Crippen molar-refractivity contribution >= 4 is 33.2 Å². The molecule has 1 aromatic heterocycles. The van der Waals surface area contributed by atoms with E-state index in [4.69, 9.17) is 0 Å². The number of hydrogen-bond donors (Lipinski definition) is 1. The lowest BCUT2D eigenvalue weighted by molar-refractivity contribution is 0.0534. The number of phenolic OH excluding ortho intramolecular Hbond substituents is 1. The van der Waals surface area contributed by atoms with Gasteiger partial charge in [-0.15, -0.1) is 11.3 Å². The lowest BCUT2D eigenvalue weighted by atomic mass is 10.1. The molecule has 0 radical (unpaired) electrons. The van der Waals surface area contributed by atoms with Crippen LogP contribution in [0.1, 0.15) is 39.3 Å². The number of amides is 2. The summed E-state index contributed by atoms with van der Waals surface area (Å²) in [5, 5.41) is 11.6. The molecule has 31 heavy (non-hydrogen) atoms. The Morgan fingerprint density at radius 3 is 2.10 bits per heavy atom. The van der Waals surface area contributed by atoms with Gasteiger partial charge in [-0.25, -0.2) is 8.42 Å². The van der Waals surface area contributed by atoms with E-state index in [0.29, 0.717) is 39.3 Å². The van der Waals surface area contributed by atoms with Gasteiger partial charge >= 0.3 is 0 Å². The second-order valence-electron chi connectivity index (χ2n) is 7.68. The summed E-state index contributed by atoms with van der Waals surface area (Å²) in [5.74, 6) is -0.674. The summed E-state index contributed by atoms with van der Waals surface area (Å²) in [6.07, 6.45) is 2.68. The second-order valence-corrected chi connectivity index (χ2v) is 10.5. The van der Waals surface area contributed by atoms with E-state index in [2.05, 4.69) is 0 Å². The SMILES string of the molecule is O=C(c1ccccc1O)N1CCN(C(=O)c2sccc2S(=O)(=O)N2CCCCC2)CC1. The van der Waals surface area contributed by atoms with Gasteiger partial charge < -0.3 is 14.9 Å². The highest BCUT2D eigenvalue weighted by atomic mass is 32.2. The number of aromatic hydroxyl groups is 1. The summed E-state index contributed by atoms with van der Waals surface area (Å²) >= 11 is 1.14. The van der Waals surface area contributed by atoms with Crippen molar-refractivity contribution in [2.24, 2.45) is 0 Å². The molecule has 1 aromatic carbocycles. The molecule has 4 rings (SSSR count). The number of piperidine rings is 1. The number of hydrogen-bond acceptors (Lipinski definition) is 6. The molecule has 0 aliphatic carbocycles. The Kier molecular flexibility index (Phi) is 6.31. The number of carbonyl (C=O) groups is 2. The van der Waals surface area contributed by atoms with Gasteiger partial charge in [-0.2, -0.15) is 4.31 Å². The normalized spacial score (nSPS) is 18.2. The van der Waals surface area contributed by atoms with E-state index in [1.54, 1.807) is 33.4 Å². The van der Waals surface area contributed by atoms with Crippen LogP contribution in [0.4, 0.5) is 0 Å². The molecule has 1 N–H and O–H groups in total. The summed E-state index contributed by atoms with van der Waals surface area (Å²) in [6, 6.07) is 7.89. The maximum atomic E-state index is 13.1. The van der Waals surface area contributed by atoms with Crippen LogP contribution in [0.25, 0.3) is 0 Å². The van der Waals surface area contributed by atoms with Crippen molar-refractivity contribution in [2.45, 2.75) is 24.2 Å². The van der Waals surface area contributed by atoms with Crippen molar-refractivity contribution in [1.82, 2.24) is 14.1 Å². The number of nitrogens with zero attached hydrogens (tertiary/aromatic N) is 3. The van der Waals surface area contributed by atoms with Crippen LogP contribution in [0.3, 0.4) is 0 Å². The number of carbonyl (C=O) groups excluding carboxylic acids is 2. The maximum Gasteiger partial charge on any atom is 0.265 e. The number of thiophene rings is 1. The number of piperazine rings is 1. The third-order valence-electron chi connectivity index (χ3n) is 5.74. The molecule has 2 fully saturated rings. The van der Waals surface area contributed by atoms with Crippen molar-refractivity contribution in [3.63, 3.8) is 0 Å². The minimum Gasteiger partial charge on any atom is -0.507 e. The molecule has 10 heteroatoms. The van der Waals surface area contributed by atoms with E-state index >= 15 is 0 Å². The molecule has 0 bridgehead atoms. The highest BCUT2D eigenvalue weighted by Crippen LogP contribution is 2.29. The zero-order valence-electron chi connectivity index (χ0n) is 17.1. The fraction of sp³-hybridized carbons (Fsp3) is 0.429. The summed E-state index contributed by atoms with van der Waals surface area (Å²) in [4.78, 5) is 29.3. The predicted molar refractivity (Wildman–Crippen MR) is 117 cm³/mol. The van der Waals surface area contributed by atoms with E-state index in [0.717, 1.165) is 30.6 Å². The first-order chi connectivity index (χ1) is 14.9. The lowest BCUT2D eigenvalue weighted by Gasteiger charge is -2.35. The van der Waals surface area contributed by atoms with Gasteiger partial charge in [-0.3, -0.25) is 9.59 Å². The molecule has 3 heterocycles. The van der Waals surface area contributed by atoms with E-state index in [9.17, 15) is 23.1 Å². The lowest BCUT2D eigenvalue weighted by Crippen LogP contribution is -2.50. The fourth-order valence-corrected chi connectivity index (χ4v) is 6.86. The summed E-state index contributed by atoms with van der Waals surface area (Å²) in [5.41, 5.74) is 0.232. The monoisotopic (exact) mass is 463 g/mol. The van der Waals surface area contributed by atoms with Crippen molar-refractivity contribution in [3.05, 3.63) is 46.2 Å². The van der Waals surface area contributed by atoms with Gasteiger partial charge in [0.05, 0.1) is 5.56 Å². The van der Waals surface area contributed by atoms with Crippen molar-refractivity contribution < 1.29 is 23.1 Å². The Balaban J connectivity index is 1.45. The minimum atomic E-state index is -3.69. The molecule has 0 spiro atoms. The van der Waals surface area contributed by atoms with Crippen LogP contribution in [-0.2, 0) is 10.0 Å². The Morgan fingerprint density at radius 1 is 0.839 bits per heavy atom. The van der Waals surface area contributed by atoms with Crippen LogP contribution in [0.15, 0.2) is 40.6 Å². The summed E-state index contributed by atoms with van der Waals surface area (Å²) in [6.45, 7) is 2.22. The van der Waals surface area contributed by atoms with Gasteiger partial charge in [0.15, 0.2) is 0 Å². The van der Waals surface area contributed by atoms with Crippen LogP contribution in [-0.4, -0.2) is 78.7 Å². The minimum absolute atomic E-state index is 0.0721. The average molecular weight is 464 g/mol. The van der Waals surface area contributed by atoms with Gasteiger partial charge in [0, 0.05) is 39.3 Å². The fourth-order valence-electron chi connectivity index (χ4n) is 3.98. The number of rotatable bonds is 4. The summed E-state index contributed by atoms with van der Waals surface area (Å²) in [7, 11) is -3.69. The Bertz CT molecular complexity index is 1070. The molecule has 0 saturated carbocycles. The van der Waals surface area contributed by atoms with Crippen LogP contribution in [0.5, 0.6) is 5.75 Å². The molecule has 2 saturated heterocycles. The number of phenols is 1. The third-order valence-corrected chi connectivity index (χ3v) is 8.72. The molecule has 0 atom stereocenters. The van der Waals surface area contributed by atoms with E-state index in [1.807, 2.05) is 0 Å². The Labute approximate surface area is 185 Å². The molecular weight excluding hydrogens is 438 g/mol. The number of benzene rings is 1. The molecular formula is C21H25N3O5S2. The zero-order chi connectivity index (χ0) is 22.0. The first-order valence-electron chi connectivity index (χ1n) is 10.3. The van der Waals surface area contributed by atoms with Crippen LogP contribution in [0, 0.1) is 0 Å². The molecule has 2 amide bonds. The van der Waals surface area contributed by atoms with E-state index in [-0.39, 0.29) is 32.9 Å². The van der Waals surface area contributed by atoms with Crippen LogP contribution < -0.4 is 0 Å². The van der Waals surface area contributed by atoms with Gasteiger partial charge in [0.2, 0.25) is 10.0 Å². The topological polar surface area (TPSA) is 98.2 Å². The largest absolute Gasteiger partial charge is 0.507 e. The average Bonchev–Trinajstić information content (AvgIpc) is 3.30. The van der Waals surface area contributed by atoms with Crippen molar-refractivity contribution in [3.8, 4) is 5.75 Å². The van der Waals surface area contributed by atoms with Gasteiger partial charge in [-0.1, -0.05) is 18.6 Å². The standard InChI is InChI=1S/C21H25N3O5S2/c25-17-7-3-2-6-16(17)20(26)22-11-13-23(14-12-22)21(27)19-18(8-15-30-19)31(28,29)24-9-4-1-5-10-24/h2-3,6-8,15,25H,1,4-5,9-14H2. The molecule has 2 aliphatic heterocycles. The van der Waals surface area contributed by atoms with Crippen LogP contribution in [0.2, 0.25) is 0 Å². The zero-order valence-corrected chi connectivity index (χ0v) is 18.7. The molecule has 2 aromatic rings. The van der Waals surface area contributed by atoms with Gasteiger partial charge in [-0.05, 0) is 36.4 Å².